The number of nitrogens with one attached hydrogen (secondary N) is 3. The third-order valence-electron chi connectivity index (χ3n) is 9.24. The monoisotopic (exact) mass is 673 g/mol. The van der Waals surface area contributed by atoms with Crippen molar-refractivity contribution in [1.29, 1.82) is 0 Å². The molecule has 2 saturated heterocycles. The number of nitrogens with zero attached hydrogens (tertiary/aromatic N) is 4. The lowest BCUT2D eigenvalue weighted by molar-refractivity contribution is -0.143. The predicted molar refractivity (Wildman–Crippen MR) is 180 cm³/mol. The average Bonchev–Trinajstić information content (AvgIpc) is 3.50. The van der Waals surface area contributed by atoms with Gasteiger partial charge >= 0.3 is 0 Å². The molecule has 5 atom stereocenters. The summed E-state index contributed by atoms with van der Waals surface area (Å²) in [6.07, 6.45) is 0.952. The largest absolute Gasteiger partial charge is 0.391 e. The molecule has 1 aromatic heterocycles. The summed E-state index contributed by atoms with van der Waals surface area (Å²) in [7, 11) is 0. The van der Waals surface area contributed by atoms with E-state index in [0.29, 0.717) is 17.3 Å². The molecule has 4 N–H and O–H groups in total. The Bertz CT molecular complexity index is 1750. The molecule has 14 nitrogen and oxygen atoms in total. The van der Waals surface area contributed by atoms with Crippen molar-refractivity contribution < 1.29 is 29.1 Å². The number of carbonyl (C=O) groups excluding carboxylic acids is 5. The second-order valence-electron chi connectivity index (χ2n) is 12.7. The lowest BCUT2D eigenvalue weighted by Gasteiger charge is -2.32. The van der Waals surface area contributed by atoms with Crippen LogP contribution in [0.25, 0.3) is 10.9 Å². The van der Waals surface area contributed by atoms with Crippen LogP contribution in [0.3, 0.4) is 0 Å². The average molecular weight is 674 g/mol. The van der Waals surface area contributed by atoms with Gasteiger partial charge in [-0.15, -0.1) is 0 Å². The van der Waals surface area contributed by atoms with Gasteiger partial charge in [0.2, 0.25) is 29.5 Å². The Labute approximate surface area is 283 Å². The number of amides is 5. The summed E-state index contributed by atoms with van der Waals surface area (Å²) in [6.45, 7) is 3.09. The first-order valence-corrected chi connectivity index (χ1v) is 16.7. The van der Waals surface area contributed by atoms with Crippen LogP contribution in [-0.2, 0) is 36.9 Å². The Kier molecular flexibility index (Phi) is 11.4. The Balaban J connectivity index is 1.40. The fourth-order valence-electron chi connectivity index (χ4n) is 6.26. The van der Waals surface area contributed by atoms with E-state index in [1.165, 1.54) is 20.7 Å². The highest BCUT2D eigenvalue weighted by Gasteiger charge is 2.43. The molecule has 2 aromatic carbocycles. The van der Waals surface area contributed by atoms with Crippen LogP contribution in [0.2, 0.25) is 0 Å². The van der Waals surface area contributed by atoms with Gasteiger partial charge in [-0.3, -0.25) is 33.3 Å². The SMILES string of the molecule is CC[C@H](C)[C@@H]1NC(=O)CN(C(=O)CCn2cnc3ccccc3c2=O)CCNC(=O)[C@H](Cc2ccccc2)NC(=O)[C@@H]2C[C@@H](O)CN2C1=O. The maximum atomic E-state index is 14.0. The van der Waals surface area contributed by atoms with Gasteiger partial charge in [0, 0.05) is 45.4 Å². The normalized spacial score (nSPS) is 23.2. The second kappa shape index (κ2) is 15.9. The fraction of sp³-hybridized carbons (Fsp3) is 0.457. The van der Waals surface area contributed by atoms with Crippen LogP contribution in [-0.4, -0.2) is 104 Å². The maximum Gasteiger partial charge on any atom is 0.261 e. The van der Waals surface area contributed by atoms with Gasteiger partial charge in [-0.2, -0.15) is 0 Å². The van der Waals surface area contributed by atoms with E-state index in [1.54, 1.807) is 31.2 Å². The number of fused-ring (bicyclic) bond motifs is 2. The molecule has 0 spiro atoms. The van der Waals surface area contributed by atoms with Crippen LogP contribution in [0.1, 0.15) is 38.7 Å². The van der Waals surface area contributed by atoms with Crippen molar-refractivity contribution in [3.05, 3.63) is 76.8 Å². The topological polar surface area (TPSA) is 183 Å². The van der Waals surface area contributed by atoms with Crippen LogP contribution in [0.5, 0.6) is 0 Å². The Hall–Kier alpha value is -5.11. The van der Waals surface area contributed by atoms with E-state index in [1.807, 2.05) is 37.3 Å². The molecule has 5 amide bonds. The van der Waals surface area contributed by atoms with E-state index in [4.69, 9.17) is 0 Å². The number of aromatic nitrogens is 2. The van der Waals surface area contributed by atoms with Crippen LogP contribution in [0.4, 0.5) is 0 Å². The molecule has 0 unspecified atom stereocenters. The first kappa shape index (κ1) is 35.2. The van der Waals surface area contributed by atoms with Gasteiger partial charge in [-0.05, 0) is 23.6 Å². The minimum Gasteiger partial charge on any atom is -0.391 e. The van der Waals surface area contributed by atoms with E-state index >= 15 is 0 Å². The fourth-order valence-corrected chi connectivity index (χ4v) is 6.26. The number of hydrogen-bond donors (Lipinski definition) is 4. The molecule has 2 fully saturated rings. The number of aliphatic hydroxyl groups is 1. The zero-order chi connectivity index (χ0) is 35.1. The molecule has 3 aromatic rings. The lowest BCUT2D eigenvalue weighted by atomic mass is 9.97. The molecule has 2 aliphatic rings. The summed E-state index contributed by atoms with van der Waals surface area (Å²) in [4.78, 5) is 88.0. The molecule has 49 heavy (non-hydrogen) atoms. The highest BCUT2D eigenvalue weighted by molar-refractivity contribution is 5.95. The van der Waals surface area contributed by atoms with Gasteiger partial charge in [-0.1, -0.05) is 62.7 Å². The summed E-state index contributed by atoms with van der Waals surface area (Å²) in [5.41, 5.74) is 1.03. The number of aliphatic hydroxyl groups excluding tert-OH is 1. The predicted octanol–water partition coefficient (Wildman–Crippen LogP) is -0.0348. The molecule has 5 rings (SSSR count). The Morgan fingerprint density at radius 3 is 2.49 bits per heavy atom. The van der Waals surface area contributed by atoms with E-state index in [0.717, 1.165) is 5.56 Å². The molecular formula is C35H43N7O7. The molecule has 0 radical (unpaired) electrons. The van der Waals surface area contributed by atoms with Crippen molar-refractivity contribution >= 4 is 40.4 Å². The first-order chi connectivity index (χ1) is 23.5. The van der Waals surface area contributed by atoms with E-state index < -0.39 is 60.3 Å². The Morgan fingerprint density at radius 2 is 1.73 bits per heavy atom. The van der Waals surface area contributed by atoms with Crippen molar-refractivity contribution in [2.45, 2.75) is 70.3 Å². The van der Waals surface area contributed by atoms with Gasteiger partial charge < -0.3 is 30.9 Å². The minimum absolute atomic E-state index is 0.0117. The van der Waals surface area contributed by atoms with Gasteiger partial charge in [0.05, 0.1) is 29.9 Å². The first-order valence-electron chi connectivity index (χ1n) is 16.7. The van der Waals surface area contributed by atoms with E-state index in [2.05, 4.69) is 20.9 Å². The van der Waals surface area contributed by atoms with Gasteiger partial charge in [0.1, 0.15) is 18.1 Å². The molecule has 260 valence electrons. The Morgan fingerprint density at radius 1 is 1.00 bits per heavy atom. The summed E-state index contributed by atoms with van der Waals surface area (Å²) in [5, 5.41) is 19.3. The maximum absolute atomic E-state index is 14.0. The zero-order valence-electron chi connectivity index (χ0n) is 27.7. The number of para-hydroxylation sites is 1. The van der Waals surface area contributed by atoms with Gasteiger partial charge in [0.25, 0.3) is 5.56 Å². The molecule has 2 aliphatic heterocycles. The molecular weight excluding hydrogens is 630 g/mol. The van der Waals surface area contributed by atoms with Crippen LogP contribution in [0.15, 0.2) is 65.7 Å². The summed E-state index contributed by atoms with van der Waals surface area (Å²) >= 11 is 0. The highest BCUT2D eigenvalue weighted by atomic mass is 16.3. The number of rotatable bonds is 7. The quantitative estimate of drug-likeness (QED) is 0.270. The minimum atomic E-state index is -1.05. The van der Waals surface area contributed by atoms with Crippen molar-refractivity contribution in [1.82, 2.24) is 35.3 Å². The zero-order valence-corrected chi connectivity index (χ0v) is 27.7. The van der Waals surface area contributed by atoms with Crippen molar-refractivity contribution in [2.24, 2.45) is 5.92 Å². The number of aryl methyl sites for hydroxylation is 1. The van der Waals surface area contributed by atoms with Crippen LogP contribution < -0.4 is 21.5 Å². The standard InChI is InChI=1S/C35H43N7O7/c1-3-22(2)31-35(49)42-19-24(43)18-28(42)33(47)38-27(17-23-9-5-4-6-10-23)32(46)36-14-16-40(20-29(44)39-31)30(45)13-15-41-21-37-26-12-8-7-11-25(26)34(41)48/h4-12,21-22,24,27-28,31,43H,3,13-20H2,1-2H3,(H,36,46)(H,38,47)(H,39,44)/t22-,24+,27-,28-,31-/m0/s1. The molecule has 0 aliphatic carbocycles. The second-order valence-corrected chi connectivity index (χ2v) is 12.7. The van der Waals surface area contributed by atoms with Crippen LogP contribution >= 0.6 is 0 Å². The molecule has 0 bridgehead atoms. The highest BCUT2D eigenvalue weighted by Crippen LogP contribution is 2.22. The molecule has 0 saturated carbocycles. The third kappa shape index (κ3) is 8.49. The number of carbonyl (C=O) groups is 5. The van der Waals surface area contributed by atoms with E-state index in [-0.39, 0.29) is 56.9 Å². The lowest BCUT2D eigenvalue weighted by Crippen LogP contribution is -2.58. The molecule has 3 heterocycles. The smallest absolute Gasteiger partial charge is 0.261 e. The molecule has 14 heteroatoms. The van der Waals surface area contributed by atoms with Crippen molar-refractivity contribution in [3.8, 4) is 0 Å². The summed E-state index contributed by atoms with van der Waals surface area (Å²) < 4.78 is 1.34. The van der Waals surface area contributed by atoms with Gasteiger partial charge in [0.15, 0.2) is 0 Å². The van der Waals surface area contributed by atoms with E-state index in [9.17, 15) is 33.9 Å². The van der Waals surface area contributed by atoms with Crippen LogP contribution in [0, 0.1) is 5.92 Å². The third-order valence-corrected chi connectivity index (χ3v) is 9.24. The van der Waals surface area contributed by atoms with Crippen molar-refractivity contribution in [3.63, 3.8) is 0 Å². The van der Waals surface area contributed by atoms with Gasteiger partial charge in [-0.25, -0.2) is 4.98 Å². The van der Waals surface area contributed by atoms with Crippen molar-refractivity contribution in [2.75, 3.05) is 26.2 Å². The summed E-state index contributed by atoms with van der Waals surface area (Å²) in [6, 6.07) is 12.9. The number of benzene rings is 2. The summed E-state index contributed by atoms with van der Waals surface area (Å²) in [5.74, 6) is -3.00. The number of hydrogen-bond acceptors (Lipinski definition) is 8.